The van der Waals surface area contributed by atoms with Crippen LogP contribution in [0.4, 0.5) is 8.78 Å². The van der Waals surface area contributed by atoms with Crippen molar-refractivity contribution < 1.29 is 8.78 Å². The van der Waals surface area contributed by atoms with Crippen LogP contribution in [0.5, 0.6) is 0 Å². The van der Waals surface area contributed by atoms with E-state index in [1.165, 1.54) is 6.07 Å². The highest BCUT2D eigenvalue weighted by Crippen LogP contribution is 2.39. The Morgan fingerprint density at radius 3 is 2.67 bits per heavy atom. The fraction of sp³-hybridized carbons (Fsp3) is 0.500. The van der Waals surface area contributed by atoms with Crippen molar-refractivity contribution in [1.82, 2.24) is 0 Å². The molecular formula is C12H15F2N. The van der Waals surface area contributed by atoms with Gasteiger partial charge in [-0.2, -0.15) is 0 Å². The standard InChI is InChI=1S/C12H15F2N/c1-12(15,9-5-6-9)7-8-3-2-4-10(13)11(8)14/h2-4,9H,5-7,15H2,1H3. The summed E-state index contributed by atoms with van der Waals surface area (Å²) in [6.45, 7) is 1.91. The Hall–Kier alpha value is -0.960. The number of benzene rings is 1. The van der Waals surface area contributed by atoms with Gasteiger partial charge in [0, 0.05) is 5.54 Å². The maximum atomic E-state index is 13.4. The maximum absolute atomic E-state index is 13.4. The first kappa shape index (κ1) is 10.6. The molecule has 0 radical (unpaired) electrons. The Kier molecular flexibility index (Phi) is 2.51. The van der Waals surface area contributed by atoms with E-state index >= 15 is 0 Å². The van der Waals surface area contributed by atoms with Crippen LogP contribution < -0.4 is 5.73 Å². The van der Waals surface area contributed by atoms with Crippen molar-refractivity contribution in [2.24, 2.45) is 11.7 Å². The molecule has 0 heterocycles. The van der Waals surface area contributed by atoms with Gasteiger partial charge in [-0.15, -0.1) is 0 Å². The van der Waals surface area contributed by atoms with E-state index in [4.69, 9.17) is 5.73 Å². The number of halogens is 2. The van der Waals surface area contributed by atoms with E-state index in [1.54, 1.807) is 6.07 Å². The van der Waals surface area contributed by atoms with E-state index in [2.05, 4.69) is 0 Å². The first-order valence-electron chi connectivity index (χ1n) is 5.22. The molecule has 1 aromatic rings. The van der Waals surface area contributed by atoms with Gasteiger partial charge in [0.05, 0.1) is 0 Å². The quantitative estimate of drug-likeness (QED) is 0.817. The van der Waals surface area contributed by atoms with Gasteiger partial charge in [-0.3, -0.25) is 0 Å². The summed E-state index contributed by atoms with van der Waals surface area (Å²) < 4.78 is 26.3. The van der Waals surface area contributed by atoms with Gasteiger partial charge in [0.1, 0.15) is 0 Å². The van der Waals surface area contributed by atoms with Gasteiger partial charge in [-0.1, -0.05) is 12.1 Å². The molecule has 1 aliphatic carbocycles. The molecule has 0 amide bonds. The highest BCUT2D eigenvalue weighted by molar-refractivity contribution is 5.22. The van der Waals surface area contributed by atoms with Gasteiger partial charge in [-0.05, 0) is 43.7 Å². The van der Waals surface area contributed by atoms with Crippen molar-refractivity contribution in [1.29, 1.82) is 0 Å². The first-order valence-corrected chi connectivity index (χ1v) is 5.22. The van der Waals surface area contributed by atoms with Gasteiger partial charge in [-0.25, -0.2) is 8.78 Å². The summed E-state index contributed by atoms with van der Waals surface area (Å²) >= 11 is 0. The lowest BCUT2D eigenvalue weighted by Gasteiger charge is -2.24. The van der Waals surface area contributed by atoms with Gasteiger partial charge < -0.3 is 5.73 Å². The van der Waals surface area contributed by atoms with Gasteiger partial charge in [0.15, 0.2) is 11.6 Å². The summed E-state index contributed by atoms with van der Waals surface area (Å²) in [5.74, 6) is -1.09. The Bertz CT molecular complexity index is 370. The second kappa shape index (κ2) is 3.56. The molecule has 2 N–H and O–H groups in total. The Morgan fingerprint density at radius 1 is 1.40 bits per heavy atom. The monoisotopic (exact) mass is 211 g/mol. The summed E-state index contributed by atoms with van der Waals surface area (Å²) in [6.07, 6.45) is 2.61. The van der Waals surface area contributed by atoms with Crippen LogP contribution in [0.15, 0.2) is 18.2 Å². The highest BCUT2D eigenvalue weighted by atomic mass is 19.2. The molecule has 1 saturated carbocycles. The zero-order valence-corrected chi connectivity index (χ0v) is 8.76. The molecule has 0 spiro atoms. The van der Waals surface area contributed by atoms with Crippen molar-refractivity contribution in [3.05, 3.63) is 35.4 Å². The minimum absolute atomic E-state index is 0.381. The van der Waals surface area contributed by atoms with Crippen molar-refractivity contribution in [3.8, 4) is 0 Å². The van der Waals surface area contributed by atoms with Crippen LogP contribution in [0.3, 0.4) is 0 Å². The zero-order chi connectivity index (χ0) is 11.1. The predicted octanol–water partition coefficient (Wildman–Crippen LogP) is 2.63. The average Bonchev–Trinajstić information content (AvgIpc) is 2.95. The minimum Gasteiger partial charge on any atom is -0.325 e. The lowest BCUT2D eigenvalue weighted by Crippen LogP contribution is -2.41. The summed E-state index contributed by atoms with van der Waals surface area (Å²) in [4.78, 5) is 0. The van der Waals surface area contributed by atoms with Crippen molar-refractivity contribution in [2.45, 2.75) is 31.7 Å². The summed E-state index contributed by atoms with van der Waals surface area (Å²) in [5.41, 5.74) is 6.06. The van der Waals surface area contributed by atoms with E-state index in [1.807, 2.05) is 6.92 Å². The first-order chi connectivity index (χ1) is 7.00. The molecule has 3 heteroatoms. The maximum Gasteiger partial charge on any atom is 0.162 e. The van der Waals surface area contributed by atoms with Crippen LogP contribution in [-0.2, 0) is 6.42 Å². The molecule has 1 aliphatic rings. The molecule has 0 aliphatic heterocycles. The zero-order valence-electron chi connectivity index (χ0n) is 8.76. The summed E-state index contributed by atoms with van der Waals surface area (Å²) in [6, 6.07) is 4.26. The molecule has 15 heavy (non-hydrogen) atoms. The molecule has 1 aromatic carbocycles. The number of hydrogen-bond acceptors (Lipinski definition) is 1. The predicted molar refractivity (Wildman–Crippen MR) is 55.4 cm³/mol. The van der Waals surface area contributed by atoms with Crippen LogP contribution in [0.25, 0.3) is 0 Å². The van der Waals surface area contributed by atoms with Gasteiger partial charge >= 0.3 is 0 Å². The van der Waals surface area contributed by atoms with Gasteiger partial charge in [0.25, 0.3) is 0 Å². The minimum atomic E-state index is -0.793. The second-order valence-corrected chi connectivity index (χ2v) is 4.67. The molecule has 0 bridgehead atoms. The molecular weight excluding hydrogens is 196 g/mol. The topological polar surface area (TPSA) is 26.0 Å². The van der Waals surface area contributed by atoms with Crippen LogP contribution in [0.2, 0.25) is 0 Å². The van der Waals surface area contributed by atoms with Crippen LogP contribution in [-0.4, -0.2) is 5.54 Å². The van der Waals surface area contributed by atoms with Crippen LogP contribution >= 0.6 is 0 Å². The molecule has 0 aromatic heterocycles. The highest BCUT2D eigenvalue weighted by Gasteiger charge is 2.38. The number of nitrogens with two attached hydrogens (primary N) is 1. The average molecular weight is 211 g/mol. The molecule has 1 atom stereocenters. The third-order valence-corrected chi connectivity index (χ3v) is 3.11. The molecule has 1 fully saturated rings. The molecule has 1 unspecified atom stereocenters. The fourth-order valence-electron chi connectivity index (χ4n) is 1.98. The van der Waals surface area contributed by atoms with Crippen LogP contribution in [0, 0.1) is 17.6 Å². The summed E-state index contributed by atoms with van der Waals surface area (Å²) in [7, 11) is 0. The third-order valence-electron chi connectivity index (χ3n) is 3.11. The van der Waals surface area contributed by atoms with Crippen LogP contribution in [0.1, 0.15) is 25.3 Å². The van der Waals surface area contributed by atoms with E-state index in [-0.39, 0.29) is 0 Å². The fourth-order valence-corrected chi connectivity index (χ4v) is 1.98. The lowest BCUT2D eigenvalue weighted by atomic mass is 9.89. The second-order valence-electron chi connectivity index (χ2n) is 4.67. The van der Waals surface area contributed by atoms with Crippen molar-refractivity contribution >= 4 is 0 Å². The van der Waals surface area contributed by atoms with E-state index < -0.39 is 17.2 Å². The smallest absolute Gasteiger partial charge is 0.162 e. The molecule has 0 saturated heterocycles. The Labute approximate surface area is 88.3 Å². The SMILES string of the molecule is CC(N)(Cc1cccc(F)c1F)C1CC1. The Morgan fingerprint density at radius 2 is 2.07 bits per heavy atom. The van der Waals surface area contributed by atoms with E-state index in [0.717, 1.165) is 18.9 Å². The number of hydrogen-bond donors (Lipinski definition) is 1. The van der Waals surface area contributed by atoms with E-state index in [9.17, 15) is 8.78 Å². The molecule has 82 valence electrons. The molecule has 1 nitrogen and oxygen atoms in total. The van der Waals surface area contributed by atoms with E-state index in [0.29, 0.717) is 17.9 Å². The third kappa shape index (κ3) is 2.17. The summed E-state index contributed by atoms with van der Waals surface area (Å²) in [5, 5.41) is 0. The van der Waals surface area contributed by atoms with Crippen molar-refractivity contribution in [3.63, 3.8) is 0 Å². The lowest BCUT2D eigenvalue weighted by molar-refractivity contribution is 0.393. The molecule has 2 rings (SSSR count). The van der Waals surface area contributed by atoms with Gasteiger partial charge in [0.2, 0.25) is 0 Å². The Balaban J connectivity index is 2.20. The van der Waals surface area contributed by atoms with Crippen molar-refractivity contribution in [2.75, 3.05) is 0 Å². The number of rotatable bonds is 3. The largest absolute Gasteiger partial charge is 0.325 e. The normalized spacial score (nSPS) is 20.0.